The Kier molecular flexibility index (Phi) is 1.41. The highest BCUT2D eigenvalue weighted by Crippen LogP contribution is 2.14. The van der Waals surface area contributed by atoms with E-state index in [1.54, 1.807) is 18.5 Å². The third-order valence-corrected chi connectivity index (χ3v) is 1.31. The molecule has 0 saturated heterocycles. The molecule has 0 fully saturated rings. The van der Waals surface area contributed by atoms with Crippen LogP contribution in [-0.4, -0.2) is 10.1 Å². The maximum absolute atomic E-state index is 4.90. The van der Waals surface area contributed by atoms with Crippen LogP contribution in [0.4, 0.5) is 0 Å². The highest BCUT2D eigenvalue weighted by atomic mass is 16.5. The number of hydrogen-bond donors (Lipinski definition) is 0. The molecule has 11 heavy (non-hydrogen) atoms. The van der Waals surface area contributed by atoms with E-state index in [2.05, 4.69) is 16.3 Å². The summed E-state index contributed by atoms with van der Waals surface area (Å²) in [7, 11) is 0. The van der Waals surface area contributed by atoms with Crippen LogP contribution in [-0.2, 0) is 0 Å². The molecule has 0 N–H and O–H groups in total. The first-order valence-electron chi connectivity index (χ1n) is 3.20. The van der Waals surface area contributed by atoms with E-state index in [9.17, 15) is 0 Å². The normalized spacial score (nSPS) is 9.82. The van der Waals surface area contributed by atoms with Crippen molar-refractivity contribution in [1.29, 1.82) is 0 Å². The van der Waals surface area contributed by atoms with Crippen molar-refractivity contribution in [1.82, 2.24) is 10.1 Å². The summed E-state index contributed by atoms with van der Waals surface area (Å²) in [6.07, 6.45) is 6.05. The molecule has 0 bridgehead atoms. The summed E-state index contributed by atoms with van der Waals surface area (Å²) < 4.78 is 4.90. The lowest BCUT2D eigenvalue weighted by atomic mass is 10.2. The van der Waals surface area contributed by atoms with Crippen LogP contribution in [0.1, 0.15) is 0 Å². The van der Waals surface area contributed by atoms with Gasteiger partial charge in [-0.15, -0.1) is 0 Å². The van der Waals surface area contributed by atoms with Crippen molar-refractivity contribution < 1.29 is 4.52 Å². The fourth-order valence-electron chi connectivity index (χ4n) is 0.818. The smallest absolute Gasteiger partial charge is 0.169 e. The Hall–Kier alpha value is -1.64. The topological polar surface area (TPSA) is 38.9 Å². The van der Waals surface area contributed by atoms with Crippen molar-refractivity contribution >= 4 is 0 Å². The summed E-state index contributed by atoms with van der Waals surface area (Å²) in [4.78, 5) is 3.83. The monoisotopic (exact) mass is 145 g/mol. The van der Waals surface area contributed by atoms with Gasteiger partial charge in [0.25, 0.3) is 0 Å². The zero-order valence-corrected chi connectivity index (χ0v) is 5.69. The van der Waals surface area contributed by atoms with Gasteiger partial charge in [-0.1, -0.05) is 5.16 Å². The molecule has 0 spiro atoms. The first-order chi connectivity index (χ1) is 5.47. The average Bonchev–Trinajstić information content (AvgIpc) is 2.58. The van der Waals surface area contributed by atoms with Crippen molar-refractivity contribution in [2.24, 2.45) is 0 Å². The van der Waals surface area contributed by atoms with Crippen LogP contribution in [0, 0.1) is 6.20 Å². The average molecular weight is 145 g/mol. The zero-order valence-electron chi connectivity index (χ0n) is 5.69. The molecule has 2 heterocycles. The van der Waals surface area contributed by atoms with Gasteiger partial charge in [-0.05, 0) is 12.1 Å². The Bertz CT molecular complexity index is 315. The summed E-state index contributed by atoms with van der Waals surface area (Å²) in [6, 6.07) is 5.47. The second-order valence-electron chi connectivity index (χ2n) is 2.04. The van der Waals surface area contributed by atoms with Gasteiger partial charge in [0.15, 0.2) is 5.76 Å². The fraction of sp³-hybridized carbons (Fsp3) is 0. The predicted octanol–water partition coefficient (Wildman–Crippen LogP) is 1.54. The van der Waals surface area contributed by atoms with Gasteiger partial charge in [0, 0.05) is 17.8 Å². The first-order valence-corrected chi connectivity index (χ1v) is 3.20. The summed E-state index contributed by atoms with van der Waals surface area (Å²) in [6.45, 7) is 0. The van der Waals surface area contributed by atoms with Crippen molar-refractivity contribution in [3.8, 4) is 11.3 Å². The minimum Gasteiger partial charge on any atom is -0.356 e. The molecule has 0 aliphatic heterocycles. The van der Waals surface area contributed by atoms with Gasteiger partial charge in [0.05, 0.1) is 6.20 Å². The lowest BCUT2D eigenvalue weighted by Crippen LogP contribution is -1.74. The van der Waals surface area contributed by atoms with Gasteiger partial charge < -0.3 is 4.52 Å². The van der Waals surface area contributed by atoms with Crippen molar-refractivity contribution in [3.63, 3.8) is 0 Å². The Morgan fingerprint density at radius 2 is 2.27 bits per heavy atom. The van der Waals surface area contributed by atoms with Crippen LogP contribution in [0.5, 0.6) is 0 Å². The van der Waals surface area contributed by atoms with Crippen molar-refractivity contribution in [2.75, 3.05) is 0 Å². The van der Waals surface area contributed by atoms with E-state index in [0.29, 0.717) is 5.76 Å². The first kappa shape index (κ1) is 6.09. The molecule has 0 aromatic carbocycles. The van der Waals surface area contributed by atoms with Crippen molar-refractivity contribution in [2.45, 2.75) is 0 Å². The molecule has 53 valence electrons. The second-order valence-corrected chi connectivity index (χ2v) is 2.04. The van der Waals surface area contributed by atoms with E-state index in [0.717, 1.165) is 5.56 Å². The van der Waals surface area contributed by atoms with Crippen LogP contribution in [0.15, 0.2) is 35.1 Å². The fourth-order valence-corrected chi connectivity index (χ4v) is 0.818. The molecule has 2 rings (SSSR count). The number of rotatable bonds is 1. The minimum atomic E-state index is 0.693. The van der Waals surface area contributed by atoms with E-state index >= 15 is 0 Å². The summed E-state index contributed by atoms with van der Waals surface area (Å²) in [5, 5.41) is 3.58. The predicted molar refractivity (Wildman–Crippen MR) is 38.6 cm³/mol. The highest BCUT2D eigenvalue weighted by molar-refractivity contribution is 5.53. The van der Waals surface area contributed by atoms with Gasteiger partial charge >= 0.3 is 0 Å². The third-order valence-electron chi connectivity index (χ3n) is 1.31. The van der Waals surface area contributed by atoms with Crippen LogP contribution in [0.2, 0.25) is 0 Å². The maximum Gasteiger partial charge on any atom is 0.169 e. The zero-order chi connectivity index (χ0) is 7.52. The molecule has 0 atom stereocenters. The Morgan fingerprint density at radius 3 is 2.91 bits per heavy atom. The Morgan fingerprint density at radius 1 is 1.27 bits per heavy atom. The van der Waals surface area contributed by atoms with E-state index in [1.807, 2.05) is 12.1 Å². The molecular formula is C8H5N2O. The van der Waals surface area contributed by atoms with Gasteiger partial charge in [0.1, 0.15) is 6.20 Å². The molecule has 0 aliphatic rings. The lowest BCUT2D eigenvalue weighted by Gasteiger charge is -1.89. The molecule has 2 aromatic heterocycles. The second kappa shape index (κ2) is 2.54. The number of nitrogens with zero attached hydrogens (tertiary/aromatic N) is 2. The Balaban J connectivity index is 2.46. The lowest BCUT2D eigenvalue weighted by molar-refractivity contribution is 0.432. The van der Waals surface area contributed by atoms with Gasteiger partial charge in [-0.2, -0.15) is 0 Å². The number of pyridine rings is 1. The third kappa shape index (κ3) is 1.12. The minimum absolute atomic E-state index is 0.693. The van der Waals surface area contributed by atoms with Crippen LogP contribution >= 0.6 is 0 Å². The molecule has 2 aromatic rings. The molecule has 0 unspecified atom stereocenters. The van der Waals surface area contributed by atoms with Crippen LogP contribution in [0.25, 0.3) is 11.3 Å². The molecule has 3 heteroatoms. The standard InChI is InChI=1S/C8H5N2O/c1-2-7(6-9-4-1)8-3-5-10-11-8/h1-5H. The largest absolute Gasteiger partial charge is 0.356 e. The maximum atomic E-state index is 4.90. The molecule has 0 aliphatic carbocycles. The van der Waals surface area contributed by atoms with E-state index < -0.39 is 0 Å². The summed E-state index contributed by atoms with van der Waals surface area (Å²) in [5.74, 6) is 0.693. The quantitative estimate of drug-likeness (QED) is 0.610. The van der Waals surface area contributed by atoms with E-state index in [4.69, 9.17) is 4.52 Å². The van der Waals surface area contributed by atoms with E-state index in [1.165, 1.54) is 0 Å². The molecule has 0 saturated carbocycles. The SMILES string of the molecule is [c]1ncccc1-c1ccno1. The molecule has 0 amide bonds. The Labute approximate surface area is 63.7 Å². The molecule has 3 nitrogen and oxygen atoms in total. The number of hydrogen-bond acceptors (Lipinski definition) is 3. The van der Waals surface area contributed by atoms with Crippen molar-refractivity contribution in [3.05, 3.63) is 36.8 Å². The van der Waals surface area contributed by atoms with E-state index in [-0.39, 0.29) is 0 Å². The van der Waals surface area contributed by atoms with Gasteiger partial charge in [0.2, 0.25) is 0 Å². The van der Waals surface area contributed by atoms with Crippen LogP contribution in [0.3, 0.4) is 0 Å². The molecule has 1 radical (unpaired) electrons. The van der Waals surface area contributed by atoms with Gasteiger partial charge in [-0.3, -0.25) is 4.98 Å². The summed E-state index contributed by atoms with van der Waals surface area (Å²) >= 11 is 0. The summed E-state index contributed by atoms with van der Waals surface area (Å²) in [5.41, 5.74) is 0.824. The molecular weight excluding hydrogens is 140 g/mol. The number of aromatic nitrogens is 2. The highest BCUT2D eigenvalue weighted by Gasteiger charge is 1.99. The van der Waals surface area contributed by atoms with Crippen LogP contribution < -0.4 is 0 Å². The van der Waals surface area contributed by atoms with Gasteiger partial charge in [-0.25, -0.2) is 0 Å².